The number of piperidine rings is 1. The number of nitrogens with two attached hydrogens (primary N) is 1. The highest BCUT2D eigenvalue weighted by Gasteiger charge is 2.41. The van der Waals surface area contributed by atoms with Crippen molar-refractivity contribution in [2.75, 3.05) is 19.3 Å². The van der Waals surface area contributed by atoms with Crippen LogP contribution in [0.4, 0.5) is 0 Å². The molecule has 2 rings (SSSR count). The zero-order chi connectivity index (χ0) is 15.8. The Morgan fingerprint density at radius 2 is 2.10 bits per heavy atom. The van der Waals surface area contributed by atoms with E-state index in [1.807, 2.05) is 6.26 Å². The second-order valence-electron chi connectivity index (χ2n) is 4.89. The molecule has 0 spiro atoms. The van der Waals surface area contributed by atoms with Gasteiger partial charge in [-0.2, -0.15) is 21.2 Å². The highest BCUT2D eigenvalue weighted by atomic mass is 35.5. The van der Waals surface area contributed by atoms with Crippen LogP contribution >= 0.6 is 35.6 Å². The van der Waals surface area contributed by atoms with E-state index >= 15 is 0 Å². The number of aryl methyl sites for hydroxylation is 1. The van der Waals surface area contributed by atoms with Gasteiger partial charge in [-0.25, -0.2) is 8.42 Å². The van der Waals surface area contributed by atoms with Crippen molar-refractivity contribution < 1.29 is 8.42 Å². The number of sulfonamides is 1. The minimum Gasteiger partial charge on any atom is -0.392 e. The zero-order valence-corrected chi connectivity index (χ0v) is 14.9. The lowest BCUT2D eigenvalue weighted by Crippen LogP contribution is -2.50. The number of thiocarbonyl (C=S) groups is 1. The molecule has 118 valence electrons. The van der Waals surface area contributed by atoms with Crippen LogP contribution in [-0.4, -0.2) is 51.6 Å². The average molecular weight is 369 g/mol. The van der Waals surface area contributed by atoms with Gasteiger partial charge in [0.2, 0.25) is 0 Å². The summed E-state index contributed by atoms with van der Waals surface area (Å²) in [5, 5.41) is 4.04. The number of thioether (sulfide) groups is 1. The van der Waals surface area contributed by atoms with E-state index in [1.54, 1.807) is 18.8 Å². The molecule has 0 atom stereocenters. The van der Waals surface area contributed by atoms with Gasteiger partial charge >= 0.3 is 0 Å². The molecule has 0 amide bonds. The highest BCUT2D eigenvalue weighted by Crippen LogP contribution is 2.37. The van der Waals surface area contributed by atoms with Gasteiger partial charge in [-0.15, -0.1) is 0 Å². The lowest BCUT2D eigenvalue weighted by molar-refractivity contribution is 0.330. The van der Waals surface area contributed by atoms with Crippen LogP contribution in [0, 0.1) is 0 Å². The minimum absolute atomic E-state index is 0.0242. The summed E-state index contributed by atoms with van der Waals surface area (Å²) in [5.74, 6) is 0. The Morgan fingerprint density at radius 3 is 2.48 bits per heavy atom. The minimum atomic E-state index is -3.66. The van der Waals surface area contributed by atoms with Crippen molar-refractivity contribution in [1.82, 2.24) is 14.1 Å². The van der Waals surface area contributed by atoms with E-state index in [-0.39, 0.29) is 14.8 Å². The SMILES string of the molecule is CSC1(C(N)=S)CCN(S(=O)(=O)c2c(Cl)cnn2C)CC1. The molecule has 21 heavy (non-hydrogen) atoms. The largest absolute Gasteiger partial charge is 0.392 e. The van der Waals surface area contributed by atoms with E-state index in [0.29, 0.717) is 30.9 Å². The van der Waals surface area contributed by atoms with Crippen molar-refractivity contribution >= 4 is 50.6 Å². The summed E-state index contributed by atoms with van der Waals surface area (Å²) < 4.78 is 27.7. The number of halogens is 1. The quantitative estimate of drug-likeness (QED) is 0.805. The first kappa shape index (κ1) is 17.0. The van der Waals surface area contributed by atoms with Gasteiger partial charge in [0.25, 0.3) is 10.0 Å². The molecule has 10 heteroatoms. The van der Waals surface area contributed by atoms with E-state index in [9.17, 15) is 8.42 Å². The molecule has 0 unspecified atom stereocenters. The number of hydrogen-bond acceptors (Lipinski definition) is 5. The maximum absolute atomic E-state index is 12.7. The molecule has 1 saturated heterocycles. The summed E-state index contributed by atoms with van der Waals surface area (Å²) in [5.41, 5.74) is 5.82. The molecule has 1 fully saturated rings. The fourth-order valence-electron chi connectivity index (χ4n) is 2.45. The van der Waals surface area contributed by atoms with Crippen LogP contribution in [0.5, 0.6) is 0 Å². The Bertz CT molecular complexity index is 631. The first-order valence-corrected chi connectivity index (χ1v) is 9.72. The average Bonchev–Trinajstić information content (AvgIpc) is 2.78. The molecular weight excluding hydrogens is 352 g/mol. The van der Waals surface area contributed by atoms with Crippen LogP contribution in [0.2, 0.25) is 5.02 Å². The van der Waals surface area contributed by atoms with Gasteiger partial charge in [0, 0.05) is 20.1 Å². The van der Waals surface area contributed by atoms with Crippen molar-refractivity contribution in [2.24, 2.45) is 12.8 Å². The van der Waals surface area contributed by atoms with Crippen molar-refractivity contribution in [3.8, 4) is 0 Å². The number of nitrogens with zero attached hydrogens (tertiary/aromatic N) is 3. The molecule has 0 aliphatic carbocycles. The van der Waals surface area contributed by atoms with Gasteiger partial charge < -0.3 is 5.73 Å². The summed E-state index contributed by atoms with van der Waals surface area (Å²) in [6.07, 6.45) is 4.47. The van der Waals surface area contributed by atoms with E-state index in [0.717, 1.165) is 0 Å². The molecule has 0 saturated carbocycles. The van der Waals surface area contributed by atoms with Crippen LogP contribution in [0.1, 0.15) is 12.8 Å². The normalized spacial score (nSPS) is 19.6. The Kier molecular flexibility index (Phi) is 4.89. The second kappa shape index (κ2) is 6.04. The maximum Gasteiger partial charge on any atom is 0.261 e. The molecule has 6 nitrogen and oxygen atoms in total. The third-order valence-corrected chi connectivity index (χ3v) is 8.13. The lowest BCUT2D eigenvalue weighted by Gasteiger charge is -2.39. The molecule has 0 radical (unpaired) electrons. The molecule has 1 aromatic rings. The summed E-state index contributed by atoms with van der Waals surface area (Å²) in [4.78, 5) is 0.436. The fourth-order valence-corrected chi connectivity index (χ4v) is 5.74. The third-order valence-electron chi connectivity index (χ3n) is 3.80. The van der Waals surface area contributed by atoms with E-state index < -0.39 is 10.0 Å². The van der Waals surface area contributed by atoms with E-state index in [1.165, 1.54) is 15.2 Å². The van der Waals surface area contributed by atoms with Gasteiger partial charge in [0.05, 0.1) is 21.0 Å². The lowest BCUT2D eigenvalue weighted by atomic mass is 9.97. The molecule has 1 aromatic heterocycles. The maximum atomic E-state index is 12.7. The van der Waals surface area contributed by atoms with Gasteiger partial charge in [-0.05, 0) is 19.1 Å². The molecule has 2 heterocycles. The van der Waals surface area contributed by atoms with E-state index in [2.05, 4.69) is 5.10 Å². The zero-order valence-electron chi connectivity index (χ0n) is 11.7. The molecule has 0 bridgehead atoms. The van der Waals surface area contributed by atoms with Crippen molar-refractivity contribution in [2.45, 2.75) is 22.6 Å². The summed E-state index contributed by atoms with van der Waals surface area (Å²) in [7, 11) is -2.10. The van der Waals surface area contributed by atoms with Gasteiger partial charge in [0.15, 0.2) is 5.03 Å². The van der Waals surface area contributed by atoms with Crippen LogP contribution < -0.4 is 5.73 Å². The fraction of sp³-hybridized carbons (Fsp3) is 0.636. The van der Waals surface area contributed by atoms with Crippen LogP contribution in [0.15, 0.2) is 11.2 Å². The molecule has 1 aliphatic heterocycles. The number of rotatable bonds is 4. The standard InChI is InChI=1S/C11H17ClN4O2S3/c1-15-9(8(12)7-14-15)21(17,18)16-5-3-11(20-2,4-6-16)10(13)19/h7H,3-6H2,1-2H3,(H2,13,19). The Morgan fingerprint density at radius 1 is 1.52 bits per heavy atom. The van der Waals surface area contributed by atoms with Crippen LogP contribution in [-0.2, 0) is 17.1 Å². The summed E-state index contributed by atoms with van der Waals surface area (Å²) in [6, 6.07) is 0. The first-order valence-electron chi connectivity index (χ1n) is 6.27. The van der Waals surface area contributed by atoms with Crippen LogP contribution in [0.25, 0.3) is 0 Å². The highest BCUT2D eigenvalue weighted by molar-refractivity contribution is 8.02. The predicted molar refractivity (Wildman–Crippen MR) is 89.2 cm³/mol. The number of hydrogen-bond donors (Lipinski definition) is 1. The van der Waals surface area contributed by atoms with Gasteiger partial charge in [-0.3, -0.25) is 4.68 Å². The van der Waals surface area contributed by atoms with Gasteiger partial charge in [0.1, 0.15) is 0 Å². The van der Waals surface area contributed by atoms with Crippen LogP contribution in [0.3, 0.4) is 0 Å². The molecule has 0 aromatic carbocycles. The third kappa shape index (κ3) is 2.94. The smallest absolute Gasteiger partial charge is 0.261 e. The monoisotopic (exact) mass is 368 g/mol. The van der Waals surface area contributed by atoms with Crippen molar-refractivity contribution in [3.05, 3.63) is 11.2 Å². The number of aromatic nitrogens is 2. The topological polar surface area (TPSA) is 81.2 Å². The van der Waals surface area contributed by atoms with Gasteiger partial charge in [-0.1, -0.05) is 23.8 Å². The second-order valence-corrected chi connectivity index (χ2v) is 8.78. The summed E-state index contributed by atoms with van der Waals surface area (Å²) >= 11 is 12.7. The predicted octanol–water partition coefficient (Wildman–Crippen LogP) is 1.25. The summed E-state index contributed by atoms with van der Waals surface area (Å²) in [6.45, 7) is 0.726. The first-order chi connectivity index (χ1) is 9.74. The Hall–Kier alpha value is -0.350. The molecule has 1 aliphatic rings. The Balaban J connectivity index is 2.25. The van der Waals surface area contributed by atoms with Crippen molar-refractivity contribution in [3.63, 3.8) is 0 Å². The molecule has 2 N–H and O–H groups in total. The van der Waals surface area contributed by atoms with Crippen molar-refractivity contribution in [1.29, 1.82) is 0 Å². The molecular formula is C11H17ClN4O2S3. The van der Waals surface area contributed by atoms with E-state index in [4.69, 9.17) is 29.6 Å². The Labute approximate surface area is 139 Å².